The first-order chi connectivity index (χ1) is 6.62. The van der Waals surface area contributed by atoms with Gasteiger partial charge in [-0.05, 0) is 6.07 Å². The predicted molar refractivity (Wildman–Crippen MR) is 47.7 cm³/mol. The summed E-state index contributed by atoms with van der Waals surface area (Å²) in [7, 11) is 0. The number of nitrogens with zero attached hydrogens (tertiary/aromatic N) is 2. The van der Waals surface area contributed by atoms with Crippen molar-refractivity contribution < 1.29 is 15.0 Å². The average molecular weight is 194 g/mol. The molecular weight excluding hydrogens is 184 g/mol. The van der Waals surface area contributed by atoms with E-state index in [-0.39, 0.29) is 13.1 Å². The van der Waals surface area contributed by atoms with Crippen LogP contribution in [-0.4, -0.2) is 39.3 Å². The Labute approximate surface area is 80.6 Å². The highest BCUT2D eigenvalue weighted by atomic mass is 16.4. The Morgan fingerprint density at radius 1 is 1.57 bits per heavy atom. The molecule has 1 aromatic rings. The molecule has 1 saturated heterocycles. The maximum Gasteiger partial charge on any atom is 0.407 e. The van der Waals surface area contributed by atoms with E-state index in [9.17, 15) is 9.90 Å². The maximum absolute atomic E-state index is 10.5. The third-order valence-corrected chi connectivity index (χ3v) is 2.37. The number of likely N-dealkylation sites (tertiary alicyclic amines) is 1. The van der Waals surface area contributed by atoms with Gasteiger partial charge in [0.2, 0.25) is 0 Å². The lowest BCUT2D eigenvalue weighted by Crippen LogP contribution is -2.60. The minimum Gasteiger partial charge on any atom is -0.465 e. The maximum atomic E-state index is 10.5. The second-order valence-corrected chi connectivity index (χ2v) is 3.41. The van der Waals surface area contributed by atoms with Crippen LogP contribution in [0.1, 0.15) is 5.56 Å². The Balaban J connectivity index is 2.12. The second-order valence-electron chi connectivity index (χ2n) is 3.41. The molecule has 0 aromatic carbocycles. The molecule has 0 radical (unpaired) electrons. The fourth-order valence-corrected chi connectivity index (χ4v) is 1.54. The fraction of sp³-hybridized carbons (Fsp3) is 0.333. The van der Waals surface area contributed by atoms with Crippen LogP contribution in [0.2, 0.25) is 0 Å². The summed E-state index contributed by atoms with van der Waals surface area (Å²) in [5.41, 5.74) is -0.385. The molecule has 5 nitrogen and oxygen atoms in total. The number of amides is 1. The number of rotatable bonds is 1. The van der Waals surface area contributed by atoms with E-state index in [4.69, 9.17) is 5.11 Å². The van der Waals surface area contributed by atoms with Gasteiger partial charge in [-0.3, -0.25) is 4.98 Å². The summed E-state index contributed by atoms with van der Waals surface area (Å²) in [5.74, 6) is 0. The van der Waals surface area contributed by atoms with Crippen molar-refractivity contribution in [3.8, 4) is 0 Å². The zero-order chi connectivity index (χ0) is 10.2. The highest BCUT2D eigenvalue weighted by Gasteiger charge is 2.45. The van der Waals surface area contributed by atoms with Crippen LogP contribution < -0.4 is 0 Å². The molecule has 0 saturated carbocycles. The van der Waals surface area contributed by atoms with Crippen LogP contribution in [-0.2, 0) is 5.60 Å². The van der Waals surface area contributed by atoms with Crippen molar-refractivity contribution in [3.63, 3.8) is 0 Å². The molecule has 14 heavy (non-hydrogen) atoms. The molecule has 1 aliphatic heterocycles. The Morgan fingerprint density at radius 3 is 2.79 bits per heavy atom. The van der Waals surface area contributed by atoms with Crippen LogP contribution in [0.25, 0.3) is 0 Å². The van der Waals surface area contributed by atoms with Crippen molar-refractivity contribution in [2.45, 2.75) is 5.60 Å². The van der Waals surface area contributed by atoms with Crippen molar-refractivity contribution in [3.05, 3.63) is 30.1 Å². The van der Waals surface area contributed by atoms with Gasteiger partial charge in [-0.25, -0.2) is 4.79 Å². The van der Waals surface area contributed by atoms with Gasteiger partial charge in [0.05, 0.1) is 13.1 Å². The summed E-state index contributed by atoms with van der Waals surface area (Å²) in [6, 6.07) is 3.46. The number of aliphatic hydroxyl groups is 1. The van der Waals surface area contributed by atoms with Gasteiger partial charge < -0.3 is 15.1 Å². The third-order valence-electron chi connectivity index (χ3n) is 2.37. The summed E-state index contributed by atoms with van der Waals surface area (Å²) >= 11 is 0. The first kappa shape index (κ1) is 8.96. The Kier molecular flexibility index (Phi) is 1.89. The Hall–Kier alpha value is -1.62. The van der Waals surface area contributed by atoms with E-state index in [0.29, 0.717) is 5.56 Å². The van der Waals surface area contributed by atoms with Crippen molar-refractivity contribution in [1.29, 1.82) is 0 Å². The Bertz CT molecular complexity index is 346. The van der Waals surface area contributed by atoms with Crippen LogP contribution in [0.4, 0.5) is 4.79 Å². The van der Waals surface area contributed by atoms with Gasteiger partial charge in [-0.2, -0.15) is 0 Å². The molecule has 5 heteroatoms. The summed E-state index contributed by atoms with van der Waals surface area (Å²) in [5, 5.41) is 18.6. The minimum atomic E-state index is -1.05. The first-order valence-corrected chi connectivity index (χ1v) is 4.22. The van der Waals surface area contributed by atoms with Gasteiger partial charge >= 0.3 is 6.09 Å². The zero-order valence-electron chi connectivity index (χ0n) is 7.42. The smallest absolute Gasteiger partial charge is 0.407 e. The molecular formula is C9H10N2O3. The SMILES string of the molecule is O=C(O)N1CC(O)(c2cccnc2)C1. The lowest BCUT2D eigenvalue weighted by molar-refractivity contribution is -0.0900. The lowest BCUT2D eigenvalue weighted by Gasteiger charge is -2.44. The lowest BCUT2D eigenvalue weighted by atomic mass is 9.88. The van der Waals surface area contributed by atoms with Crippen LogP contribution in [0.15, 0.2) is 24.5 Å². The number of carboxylic acid groups (broad SMARTS) is 1. The van der Waals surface area contributed by atoms with E-state index in [1.54, 1.807) is 24.5 Å². The van der Waals surface area contributed by atoms with Crippen molar-refractivity contribution >= 4 is 6.09 Å². The molecule has 1 aliphatic rings. The van der Waals surface area contributed by atoms with Gasteiger partial charge in [-0.15, -0.1) is 0 Å². The molecule has 0 unspecified atom stereocenters. The summed E-state index contributed by atoms with van der Waals surface area (Å²) in [6.45, 7) is 0.238. The molecule has 2 N–H and O–H groups in total. The van der Waals surface area contributed by atoms with Crippen molar-refractivity contribution in [1.82, 2.24) is 9.88 Å². The summed E-state index contributed by atoms with van der Waals surface area (Å²) in [6.07, 6.45) is 2.17. The quantitative estimate of drug-likeness (QED) is 0.672. The minimum absolute atomic E-state index is 0.119. The molecule has 74 valence electrons. The van der Waals surface area contributed by atoms with Gasteiger partial charge in [0.25, 0.3) is 0 Å². The molecule has 1 aromatic heterocycles. The number of β-amino-alcohol motifs (C(OH)–C–C–N with tert-alkyl or cyclic N) is 1. The number of carbonyl (C=O) groups is 1. The summed E-state index contributed by atoms with van der Waals surface area (Å²) in [4.78, 5) is 15.5. The van der Waals surface area contributed by atoms with Gasteiger partial charge in [0.1, 0.15) is 5.60 Å². The largest absolute Gasteiger partial charge is 0.465 e. The second kappa shape index (κ2) is 2.95. The van der Waals surface area contributed by atoms with Crippen LogP contribution in [0.3, 0.4) is 0 Å². The van der Waals surface area contributed by atoms with Crippen LogP contribution >= 0.6 is 0 Å². The predicted octanol–water partition coefficient (Wildman–Crippen LogP) is 0.263. The highest BCUT2D eigenvalue weighted by Crippen LogP contribution is 2.30. The third kappa shape index (κ3) is 1.31. The zero-order valence-corrected chi connectivity index (χ0v) is 7.42. The highest BCUT2D eigenvalue weighted by molar-refractivity contribution is 5.66. The fourth-order valence-electron chi connectivity index (χ4n) is 1.54. The number of hydrogen-bond donors (Lipinski definition) is 2. The number of hydrogen-bond acceptors (Lipinski definition) is 3. The van der Waals surface area contributed by atoms with Crippen molar-refractivity contribution in [2.24, 2.45) is 0 Å². The van der Waals surface area contributed by atoms with E-state index in [1.807, 2.05) is 0 Å². The molecule has 2 rings (SSSR count). The molecule has 0 bridgehead atoms. The van der Waals surface area contributed by atoms with E-state index >= 15 is 0 Å². The summed E-state index contributed by atoms with van der Waals surface area (Å²) < 4.78 is 0. The van der Waals surface area contributed by atoms with E-state index in [2.05, 4.69) is 4.98 Å². The van der Waals surface area contributed by atoms with Gasteiger partial charge in [0.15, 0.2) is 0 Å². The molecule has 0 spiro atoms. The molecule has 0 aliphatic carbocycles. The van der Waals surface area contributed by atoms with Crippen molar-refractivity contribution in [2.75, 3.05) is 13.1 Å². The molecule has 1 amide bonds. The average Bonchev–Trinajstić information content (AvgIpc) is 2.14. The monoisotopic (exact) mass is 194 g/mol. The van der Waals surface area contributed by atoms with E-state index < -0.39 is 11.7 Å². The topological polar surface area (TPSA) is 73.7 Å². The molecule has 1 fully saturated rings. The van der Waals surface area contributed by atoms with E-state index in [1.165, 1.54) is 0 Å². The molecule has 2 heterocycles. The normalized spacial score (nSPS) is 18.8. The molecule has 0 atom stereocenters. The van der Waals surface area contributed by atoms with E-state index in [0.717, 1.165) is 4.90 Å². The number of aromatic nitrogens is 1. The number of pyridine rings is 1. The Morgan fingerprint density at radius 2 is 2.29 bits per heavy atom. The van der Waals surface area contributed by atoms with Crippen LogP contribution in [0, 0.1) is 0 Å². The van der Waals surface area contributed by atoms with Crippen LogP contribution in [0.5, 0.6) is 0 Å². The standard InChI is InChI=1S/C9H10N2O3/c12-8(13)11-5-9(14,6-11)7-2-1-3-10-4-7/h1-4,14H,5-6H2,(H,12,13). The van der Waals surface area contributed by atoms with Gasteiger partial charge in [0, 0.05) is 18.0 Å². The first-order valence-electron chi connectivity index (χ1n) is 4.22. The van der Waals surface area contributed by atoms with Gasteiger partial charge in [-0.1, -0.05) is 6.07 Å².